The molecular formula is C23H26N6OS2. The van der Waals surface area contributed by atoms with Crippen molar-refractivity contribution < 1.29 is 4.79 Å². The van der Waals surface area contributed by atoms with Crippen molar-refractivity contribution >= 4 is 60.7 Å². The number of nitrogens with one attached hydrogen (secondary N) is 1. The number of carbonyl (C=O) groups excluding carboxylic acids is 1. The summed E-state index contributed by atoms with van der Waals surface area (Å²) in [5, 5.41) is 4.66. The second-order valence-electron chi connectivity index (χ2n) is 8.87. The Labute approximate surface area is 194 Å². The van der Waals surface area contributed by atoms with Crippen LogP contribution in [0.3, 0.4) is 0 Å². The highest BCUT2D eigenvalue weighted by Gasteiger charge is 2.32. The molecule has 0 radical (unpaired) electrons. The highest BCUT2D eigenvalue weighted by atomic mass is 32.1. The molecule has 4 heterocycles. The number of thiophene rings is 1. The van der Waals surface area contributed by atoms with Gasteiger partial charge in [0.2, 0.25) is 5.91 Å². The molecule has 7 nitrogen and oxygen atoms in total. The summed E-state index contributed by atoms with van der Waals surface area (Å²) in [6.07, 6.45) is 4.28. The van der Waals surface area contributed by atoms with Gasteiger partial charge in [0, 0.05) is 49.7 Å². The molecule has 1 fully saturated rings. The number of rotatable bonds is 3. The summed E-state index contributed by atoms with van der Waals surface area (Å²) in [6, 6.07) is 6.42. The molecule has 1 saturated heterocycles. The van der Waals surface area contributed by atoms with Crippen LogP contribution < -0.4 is 5.32 Å². The van der Waals surface area contributed by atoms with Crippen LogP contribution in [0.1, 0.15) is 16.9 Å². The predicted octanol–water partition coefficient (Wildman–Crippen LogP) is 3.87. The van der Waals surface area contributed by atoms with E-state index >= 15 is 0 Å². The lowest BCUT2D eigenvalue weighted by Gasteiger charge is -2.35. The molecule has 9 heteroatoms. The van der Waals surface area contributed by atoms with E-state index in [1.54, 1.807) is 29.2 Å². The number of piperazine rings is 1. The standard InChI is InChI=1S/C23H26N6OS2/c1-27-7-9-29(10-8-27)23(30)14-3-5-16-18(11-14)31-22-20(16)21(24-13-25-22)26-15-4-6-17-19(12-15)32-28(17)2/h4,6,12-14H,3,5,7-11H2,1-2H3,(H,24,25,26)/t14-/m0/s1. The zero-order chi connectivity index (χ0) is 21.8. The molecule has 1 atom stereocenters. The van der Waals surface area contributed by atoms with E-state index in [4.69, 9.17) is 0 Å². The van der Waals surface area contributed by atoms with Gasteiger partial charge in [0.05, 0.1) is 15.6 Å². The quantitative estimate of drug-likeness (QED) is 0.497. The number of benzene rings is 1. The first-order valence-corrected chi connectivity index (χ1v) is 12.7. The first kappa shape index (κ1) is 20.1. The molecule has 32 heavy (non-hydrogen) atoms. The van der Waals surface area contributed by atoms with E-state index in [0.717, 1.165) is 67.2 Å². The van der Waals surface area contributed by atoms with Crippen molar-refractivity contribution in [1.82, 2.24) is 23.7 Å². The third-order valence-corrected chi connectivity index (χ3v) is 8.96. The smallest absolute Gasteiger partial charge is 0.226 e. The number of amides is 1. The molecule has 1 aliphatic heterocycles. The predicted molar refractivity (Wildman–Crippen MR) is 131 cm³/mol. The van der Waals surface area contributed by atoms with Crippen LogP contribution in [-0.4, -0.2) is 62.9 Å². The lowest BCUT2D eigenvalue weighted by atomic mass is 9.86. The fourth-order valence-corrected chi connectivity index (χ4v) is 7.09. The molecule has 1 aliphatic carbocycles. The minimum absolute atomic E-state index is 0.0883. The summed E-state index contributed by atoms with van der Waals surface area (Å²) in [6.45, 7) is 3.63. The van der Waals surface area contributed by atoms with Gasteiger partial charge >= 0.3 is 0 Å². The molecule has 6 rings (SSSR count). The van der Waals surface area contributed by atoms with Gasteiger partial charge in [-0.15, -0.1) is 11.3 Å². The Balaban J connectivity index is 1.26. The molecule has 1 aromatic carbocycles. The SMILES string of the molecule is CN1CCN(C(=O)[C@H]2CCc3c(sc4ncnc(Nc5ccc6c(c5)sn6C)c34)C2)CC1. The van der Waals surface area contributed by atoms with E-state index in [1.165, 1.54) is 20.7 Å². The number of anilines is 2. The van der Waals surface area contributed by atoms with E-state index in [2.05, 4.69) is 61.3 Å². The fourth-order valence-electron chi connectivity index (χ4n) is 4.92. The van der Waals surface area contributed by atoms with Crippen molar-refractivity contribution in [2.24, 2.45) is 13.0 Å². The van der Waals surface area contributed by atoms with Crippen molar-refractivity contribution in [3.8, 4) is 0 Å². The van der Waals surface area contributed by atoms with Gasteiger partial charge in [0.1, 0.15) is 17.0 Å². The van der Waals surface area contributed by atoms with E-state index in [-0.39, 0.29) is 5.92 Å². The topological polar surface area (TPSA) is 66.3 Å². The molecule has 0 spiro atoms. The van der Waals surface area contributed by atoms with Crippen molar-refractivity contribution in [3.63, 3.8) is 0 Å². The van der Waals surface area contributed by atoms with Crippen LogP contribution in [-0.2, 0) is 24.7 Å². The second-order valence-corrected chi connectivity index (χ2v) is 11.1. The molecule has 0 bridgehead atoms. The van der Waals surface area contributed by atoms with E-state index in [9.17, 15) is 4.79 Å². The maximum atomic E-state index is 13.1. The normalized spacial score (nSPS) is 19.6. The molecule has 166 valence electrons. The summed E-state index contributed by atoms with van der Waals surface area (Å²) in [7, 11) is 4.20. The van der Waals surface area contributed by atoms with Crippen molar-refractivity contribution in [2.45, 2.75) is 19.3 Å². The monoisotopic (exact) mass is 466 g/mol. The molecule has 2 aliphatic rings. The largest absolute Gasteiger partial charge is 0.340 e. The Hall–Kier alpha value is -2.49. The molecule has 1 amide bonds. The van der Waals surface area contributed by atoms with Gasteiger partial charge in [0.15, 0.2) is 0 Å². The number of likely N-dealkylation sites (N-methyl/N-ethyl adjacent to an activating group) is 1. The number of carbonyl (C=O) groups is 1. The molecule has 4 aromatic rings. The lowest BCUT2D eigenvalue weighted by molar-refractivity contribution is -0.137. The maximum Gasteiger partial charge on any atom is 0.226 e. The first-order valence-electron chi connectivity index (χ1n) is 11.1. The van der Waals surface area contributed by atoms with Crippen LogP contribution in [0.5, 0.6) is 0 Å². The Morgan fingerprint density at radius 1 is 1.16 bits per heavy atom. The lowest BCUT2D eigenvalue weighted by Crippen LogP contribution is -2.49. The van der Waals surface area contributed by atoms with Gasteiger partial charge in [-0.25, -0.2) is 9.97 Å². The summed E-state index contributed by atoms with van der Waals surface area (Å²) >= 11 is 3.47. The van der Waals surface area contributed by atoms with Gasteiger partial charge in [0.25, 0.3) is 0 Å². The summed E-state index contributed by atoms with van der Waals surface area (Å²) in [4.78, 5) is 29.0. The number of nitrogens with zero attached hydrogens (tertiary/aromatic N) is 5. The fraction of sp³-hybridized carbons (Fsp3) is 0.435. The zero-order valence-electron chi connectivity index (χ0n) is 18.3. The van der Waals surface area contributed by atoms with Gasteiger partial charge < -0.3 is 15.1 Å². The van der Waals surface area contributed by atoms with Crippen molar-refractivity contribution in [3.05, 3.63) is 35.0 Å². The van der Waals surface area contributed by atoms with Crippen LogP contribution >= 0.6 is 22.9 Å². The van der Waals surface area contributed by atoms with Crippen LogP contribution in [0.25, 0.3) is 20.4 Å². The van der Waals surface area contributed by atoms with Gasteiger partial charge in [-0.1, -0.05) is 11.5 Å². The van der Waals surface area contributed by atoms with Crippen molar-refractivity contribution in [2.75, 3.05) is 38.5 Å². The number of aromatic nitrogens is 3. The maximum absolute atomic E-state index is 13.1. The average Bonchev–Trinajstić information content (AvgIpc) is 3.17. The molecule has 0 unspecified atom stereocenters. The minimum atomic E-state index is 0.0883. The Morgan fingerprint density at radius 3 is 2.78 bits per heavy atom. The Morgan fingerprint density at radius 2 is 2.00 bits per heavy atom. The van der Waals surface area contributed by atoms with E-state index in [1.807, 2.05) is 0 Å². The number of hydrogen-bond acceptors (Lipinski definition) is 7. The molecule has 1 N–H and O–H groups in total. The molecular weight excluding hydrogens is 440 g/mol. The van der Waals surface area contributed by atoms with Gasteiger partial charge in [-0.2, -0.15) is 0 Å². The third-order valence-electron chi connectivity index (χ3n) is 6.81. The van der Waals surface area contributed by atoms with Gasteiger partial charge in [-0.05, 0) is 50.1 Å². The molecule has 0 saturated carbocycles. The highest BCUT2D eigenvalue weighted by Crippen LogP contribution is 2.41. The number of hydrogen-bond donors (Lipinski definition) is 1. The number of aryl methyl sites for hydroxylation is 2. The highest BCUT2D eigenvalue weighted by molar-refractivity contribution is 7.19. The summed E-state index contributed by atoms with van der Waals surface area (Å²) in [5.74, 6) is 1.29. The minimum Gasteiger partial charge on any atom is -0.340 e. The first-order chi connectivity index (χ1) is 15.6. The van der Waals surface area contributed by atoms with E-state index < -0.39 is 0 Å². The average molecular weight is 467 g/mol. The van der Waals surface area contributed by atoms with Crippen molar-refractivity contribution in [1.29, 1.82) is 0 Å². The van der Waals surface area contributed by atoms with Crippen LogP contribution in [0.4, 0.5) is 11.5 Å². The third kappa shape index (κ3) is 3.39. The number of fused-ring (bicyclic) bond motifs is 4. The Bertz CT molecular complexity index is 1310. The molecule has 3 aromatic heterocycles. The second kappa shape index (κ2) is 7.83. The van der Waals surface area contributed by atoms with Gasteiger partial charge in [-0.3, -0.25) is 8.75 Å². The zero-order valence-corrected chi connectivity index (χ0v) is 19.9. The van der Waals surface area contributed by atoms with E-state index in [0.29, 0.717) is 5.91 Å². The van der Waals surface area contributed by atoms with Crippen LogP contribution in [0.2, 0.25) is 0 Å². The summed E-state index contributed by atoms with van der Waals surface area (Å²) < 4.78 is 3.44. The Kier molecular flexibility index (Phi) is 4.93. The van der Waals surface area contributed by atoms with Crippen LogP contribution in [0, 0.1) is 5.92 Å². The van der Waals surface area contributed by atoms with Crippen LogP contribution in [0.15, 0.2) is 24.5 Å². The summed E-state index contributed by atoms with van der Waals surface area (Å²) in [5.41, 5.74) is 3.63.